The Hall–Kier alpha value is -3.46. The number of hydrogen-bond donors (Lipinski definition) is 0. The summed E-state index contributed by atoms with van der Waals surface area (Å²) in [6.07, 6.45) is 8.52. The van der Waals surface area contributed by atoms with E-state index in [1.165, 1.54) is 37.7 Å². The van der Waals surface area contributed by atoms with Crippen molar-refractivity contribution in [3.05, 3.63) is 102 Å². The molecule has 160 valence electrons. The summed E-state index contributed by atoms with van der Waals surface area (Å²) in [6.45, 7) is 0.227. The van der Waals surface area contributed by atoms with Gasteiger partial charge in [0.2, 0.25) is 12.3 Å². The minimum absolute atomic E-state index is 0.0587. The van der Waals surface area contributed by atoms with Crippen LogP contribution in [0.25, 0.3) is 10.8 Å². The summed E-state index contributed by atoms with van der Waals surface area (Å²) < 4.78 is 8.32. The van der Waals surface area contributed by atoms with E-state index in [0.29, 0.717) is 17.4 Å². The second kappa shape index (κ2) is 9.35. The van der Waals surface area contributed by atoms with E-state index < -0.39 is 0 Å². The van der Waals surface area contributed by atoms with Crippen LogP contribution in [0.5, 0.6) is 11.6 Å². The summed E-state index contributed by atoms with van der Waals surface area (Å²) in [5.74, 6) is 2.21. The van der Waals surface area contributed by atoms with E-state index in [1.54, 1.807) is 0 Å². The fourth-order valence-corrected chi connectivity index (χ4v) is 4.69. The van der Waals surface area contributed by atoms with E-state index >= 15 is 0 Å². The predicted octanol–water partition coefficient (Wildman–Crippen LogP) is 6.85. The number of benzene rings is 3. The highest BCUT2D eigenvalue weighted by Gasteiger charge is 2.22. The Labute approximate surface area is 189 Å². The topological polar surface area (TPSA) is 30.2 Å². The third-order valence-electron chi connectivity index (χ3n) is 6.47. The highest BCUT2D eigenvalue weighted by Crippen LogP contribution is 2.34. The molecule has 3 heteroatoms. The molecule has 4 aromatic rings. The molecule has 0 spiro atoms. The highest BCUT2D eigenvalue weighted by molar-refractivity contribution is 5.95. The van der Waals surface area contributed by atoms with Crippen LogP contribution in [-0.2, 0) is 6.54 Å². The Morgan fingerprint density at radius 2 is 1.53 bits per heavy atom. The zero-order chi connectivity index (χ0) is 21.8. The average Bonchev–Trinajstić information content (AvgIpc) is 2.87. The number of carbonyl (C=O) groups excluding carboxylic acids is 1. The lowest BCUT2D eigenvalue weighted by Gasteiger charge is -2.22. The molecule has 1 saturated carbocycles. The first-order chi connectivity index (χ1) is 15.8. The second-order valence-electron chi connectivity index (χ2n) is 8.63. The Morgan fingerprint density at radius 3 is 2.31 bits per heavy atom. The molecule has 0 bridgehead atoms. The molecule has 0 unspecified atom stereocenters. The molecule has 1 aliphatic rings. The van der Waals surface area contributed by atoms with E-state index in [-0.39, 0.29) is 12.3 Å². The fourth-order valence-electron chi connectivity index (χ4n) is 4.69. The summed E-state index contributed by atoms with van der Waals surface area (Å²) in [5.41, 5.74) is 2.11. The first kappa shape index (κ1) is 20.4. The number of pyridine rings is 1. The van der Waals surface area contributed by atoms with Crippen molar-refractivity contribution in [1.82, 2.24) is 0 Å². The molecule has 3 nitrogen and oxygen atoms in total. The molecule has 1 heterocycles. The van der Waals surface area contributed by atoms with Gasteiger partial charge >= 0.3 is 5.88 Å². The molecule has 1 aliphatic carbocycles. The van der Waals surface area contributed by atoms with Crippen LogP contribution in [-0.4, -0.2) is 5.78 Å². The van der Waals surface area contributed by atoms with Gasteiger partial charge in [0.05, 0.1) is 5.39 Å². The van der Waals surface area contributed by atoms with Crippen LogP contribution in [0.15, 0.2) is 91.1 Å². The Kier molecular flexibility index (Phi) is 5.98. The number of ketones is 1. The number of rotatable bonds is 6. The van der Waals surface area contributed by atoms with E-state index in [1.807, 2.05) is 65.4 Å². The molecule has 0 N–H and O–H groups in total. The van der Waals surface area contributed by atoms with Crippen molar-refractivity contribution in [2.75, 3.05) is 0 Å². The smallest absolute Gasteiger partial charge is 0.381 e. The number of nitrogens with zero attached hydrogens (tertiary/aromatic N) is 1. The second-order valence-corrected chi connectivity index (χ2v) is 8.63. The molecule has 32 heavy (non-hydrogen) atoms. The summed E-state index contributed by atoms with van der Waals surface area (Å²) in [6, 6.07) is 28.1. The van der Waals surface area contributed by atoms with Crippen LogP contribution in [0, 0.1) is 0 Å². The number of Topliss-reactive ketones (excluding diaryl/α,β-unsaturated/α-hetero) is 1. The Bertz CT molecular complexity index is 1210. The van der Waals surface area contributed by atoms with Crippen LogP contribution < -0.4 is 9.30 Å². The van der Waals surface area contributed by atoms with Crippen LogP contribution in [0.4, 0.5) is 0 Å². The third kappa shape index (κ3) is 4.43. The molecule has 0 amide bonds. The first-order valence-electron chi connectivity index (χ1n) is 11.6. The zero-order valence-corrected chi connectivity index (χ0v) is 18.2. The van der Waals surface area contributed by atoms with Gasteiger partial charge in [-0.2, -0.15) is 4.57 Å². The van der Waals surface area contributed by atoms with Gasteiger partial charge in [0.25, 0.3) is 0 Å². The van der Waals surface area contributed by atoms with Crippen molar-refractivity contribution in [2.24, 2.45) is 0 Å². The highest BCUT2D eigenvalue weighted by atomic mass is 16.5. The number of carbonyl (C=O) groups is 1. The Balaban J connectivity index is 1.45. The van der Waals surface area contributed by atoms with Gasteiger partial charge in [-0.1, -0.05) is 79.9 Å². The molecule has 0 radical (unpaired) electrons. The van der Waals surface area contributed by atoms with Crippen molar-refractivity contribution < 1.29 is 14.1 Å². The molecular weight excluding hydrogens is 394 g/mol. The van der Waals surface area contributed by atoms with Crippen LogP contribution >= 0.6 is 0 Å². The van der Waals surface area contributed by atoms with Gasteiger partial charge in [-0.05, 0) is 47.9 Å². The van der Waals surface area contributed by atoms with Gasteiger partial charge in [0, 0.05) is 11.6 Å². The summed E-state index contributed by atoms with van der Waals surface area (Å²) >= 11 is 0. The average molecular weight is 423 g/mol. The maximum Gasteiger partial charge on any atom is 0.381 e. The minimum Gasteiger partial charge on any atom is -0.405 e. The lowest BCUT2D eigenvalue weighted by molar-refractivity contribution is -0.685. The van der Waals surface area contributed by atoms with Crippen molar-refractivity contribution in [2.45, 2.75) is 44.6 Å². The lowest BCUT2D eigenvalue weighted by atomic mass is 9.84. The number of hydrogen-bond acceptors (Lipinski definition) is 2. The molecule has 0 atom stereocenters. The molecule has 3 aromatic carbocycles. The molecule has 1 aromatic heterocycles. The van der Waals surface area contributed by atoms with Crippen LogP contribution in [0.3, 0.4) is 0 Å². The van der Waals surface area contributed by atoms with E-state index in [0.717, 1.165) is 16.5 Å². The normalized spacial score (nSPS) is 14.4. The Morgan fingerprint density at radius 1 is 0.812 bits per heavy atom. The molecule has 0 aliphatic heterocycles. The van der Waals surface area contributed by atoms with E-state index in [4.69, 9.17) is 4.74 Å². The maximum absolute atomic E-state index is 12.9. The zero-order valence-electron chi connectivity index (χ0n) is 18.2. The monoisotopic (exact) mass is 422 g/mol. The minimum atomic E-state index is 0.0587. The van der Waals surface area contributed by atoms with Crippen LogP contribution in [0.2, 0.25) is 0 Å². The van der Waals surface area contributed by atoms with Crippen LogP contribution in [0.1, 0.15) is 53.9 Å². The maximum atomic E-state index is 12.9. The van der Waals surface area contributed by atoms with E-state index in [9.17, 15) is 4.79 Å². The van der Waals surface area contributed by atoms with E-state index in [2.05, 4.69) is 30.3 Å². The predicted molar refractivity (Wildman–Crippen MR) is 127 cm³/mol. The molecule has 0 saturated heterocycles. The first-order valence-corrected chi connectivity index (χ1v) is 11.6. The number of ether oxygens (including phenoxy) is 1. The SMILES string of the molecule is O=C(C[n+]1ccc2ccccc2c1Oc1ccc(C2CCCCC2)cc1)c1ccccc1. The number of fused-ring (bicyclic) bond motifs is 1. The quantitative estimate of drug-likeness (QED) is 0.251. The standard InChI is InChI=1S/C29H28NO2/c31-28(25-12-5-2-6-13-25)21-30-20-19-24-11-7-8-14-27(24)29(30)32-26-17-15-23(16-18-26)22-9-3-1-4-10-22/h2,5-8,11-20,22H,1,3-4,9-10,21H2/q+1. The largest absolute Gasteiger partial charge is 0.405 e. The molecular formula is C29H28NO2+. The number of aromatic nitrogens is 1. The summed E-state index contributed by atoms with van der Waals surface area (Å²) in [7, 11) is 0. The third-order valence-corrected chi connectivity index (χ3v) is 6.47. The van der Waals surface area contributed by atoms with Gasteiger partial charge in [-0.15, -0.1) is 0 Å². The molecule has 1 fully saturated rings. The van der Waals surface area contributed by atoms with Gasteiger partial charge < -0.3 is 4.74 Å². The van der Waals surface area contributed by atoms with Gasteiger partial charge in [0.1, 0.15) is 5.75 Å². The van der Waals surface area contributed by atoms with Crippen molar-refractivity contribution in [1.29, 1.82) is 0 Å². The lowest BCUT2D eigenvalue weighted by Crippen LogP contribution is -2.39. The fraction of sp³-hybridized carbons (Fsp3) is 0.241. The summed E-state index contributed by atoms with van der Waals surface area (Å²) in [5, 5.41) is 2.08. The van der Waals surface area contributed by atoms with Crippen molar-refractivity contribution in [3.8, 4) is 11.6 Å². The molecule has 5 rings (SSSR count). The summed E-state index contributed by atoms with van der Waals surface area (Å²) in [4.78, 5) is 12.9. The van der Waals surface area contributed by atoms with Gasteiger partial charge in [-0.3, -0.25) is 4.79 Å². The van der Waals surface area contributed by atoms with Crippen molar-refractivity contribution >= 4 is 16.6 Å². The van der Waals surface area contributed by atoms with Gasteiger partial charge in [-0.25, -0.2) is 0 Å². The van der Waals surface area contributed by atoms with Crippen molar-refractivity contribution in [3.63, 3.8) is 0 Å². The van der Waals surface area contributed by atoms with Gasteiger partial charge in [0.15, 0.2) is 6.20 Å².